The third-order valence-electron chi connectivity index (χ3n) is 2.30. The second-order valence-electron chi connectivity index (χ2n) is 3.56. The largest absolute Gasteiger partial charge is 0.381 e. The Hall–Kier alpha value is -0.450. The molecule has 1 N–H and O–H groups in total. The second kappa shape index (κ2) is 7.79. The van der Waals surface area contributed by atoms with Crippen LogP contribution in [-0.2, 0) is 11.2 Å². The van der Waals surface area contributed by atoms with Gasteiger partial charge in [0.1, 0.15) is 0 Å². The quantitative estimate of drug-likeness (QED) is 0.692. The highest BCUT2D eigenvalue weighted by molar-refractivity contribution is 7.09. The van der Waals surface area contributed by atoms with Gasteiger partial charge in [0, 0.05) is 30.3 Å². The van der Waals surface area contributed by atoms with Gasteiger partial charge < -0.3 is 10.1 Å². The van der Waals surface area contributed by atoms with Crippen molar-refractivity contribution in [1.29, 1.82) is 0 Å². The van der Waals surface area contributed by atoms with Crippen LogP contribution in [0.25, 0.3) is 0 Å². The summed E-state index contributed by atoms with van der Waals surface area (Å²) >= 11 is 1.72. The second-order valence-corrected chi connectivity index (χ2v) is 4.53. The predicted octanol–water partition coefficient (Wildman–Crippen LogP) is 2.09. The van der Waals surface area contributed by atoms with Crippen molar-refractivity contribution in [2.24, 2.45) is 0 Å². The third kappa shape index (κ3) is 5.25. The minimum atomic E-state index is 0.502. The van der Waals surface area contributed by atoms with E-state index in [9.17, 15) is 0 Å². The van der Waals surface area contributed by atoms with Crippen LogP contribution in [0.2, 0.25) is 0 Å². The van der Waals surface area contributed by atoms with Crippen LogP contribution in [0.4, 0.5) is 0 Å². The van der Waals surface area contributed by atoms with Crippen LogP contribution >= 0.6 is 11.3 Å². The molecule has 0 spiro atoms. The SMILES string of the molecule is CCCOCCC(Cc1cncs1)NC. The van der Waals surface area contributed by atoms with Crippen molar-refractivity contribution in [1.82, 2.24) is 10.3 Å². The van der Waals surface area contributed by atoms with E-state index in [0.29, 0.717) is 6.04 Å². The number of nitrogens with one attached hydrogen (secondary N) is 1. The average molecular weight is 228 g/mol. The van der Waals surface area contributed by atoms with Gasteiger partial charge in [-0.25, -0.2) is 0 Å². The van der Waals surface area contributed by atoms with Crippen LogP contribution in [0.5, 0.6) is 0 Å². The fraction of sp³-hybridized carbons (Fsp3) is 0.727. The lowest BCUT2D eigenvalue weighted by atomic mass is 10.1. The van der Waals surface area contributed by atoms with Crippen molar-refractivity contribution in [3.8, 4) is 0 Å². The molecule has 86 valence electrons. The van der Waals surface area contributed by atoms with Crippen LogP contribution < -0.4 is 5.32 Å². The van der Waals surface area contributed by atoms with E-state index in [1.54, 1.807) is 11.3 Å². The molecule has 0 bridgehead atoms. The Morgan fingerprint density at radius 2 is 2.40 bits per heavy atom. The highest BCUT2D eigenvalue weighted by Crippen LogP contribution is 2.10. The standard InChI is InChI=1S/C11H20N2OS/c1-3-5-14-6-4-10(12-2)7-11-8-13-9-15-11/h8-10,12H,3-7H2,1-2H3. The molecule has 0 amide bonds. The highest BCUT2D eigenvalue weighted by Gasteiger charge is 2.07. The van der Waals surface area contributed by atoms with Gasteiger partial charge in [0.2, 0.25) is 0 Å². The van der Waals surface area contributed by atoms with Gasteiger partial charge >= 0.3 is 0 Å². The van der Waals surface area contributed by atoms with Crippen molar-refractivity contribution in [3.63, 3.8) is 0 Å². The number of rotatable bonds is 8. The molecule has 15 heavy (non-hydrogen) atoms. The molecule has 3 nitrogen and oxygen atoms in total. The number of nitrogens with zero attached hydrogens (tertiary/aromatic N) is 1. The van der Waals surface area contributed by atoms with E-state index in [4.69, 9.17) is 4.74 Å². The first-order valence-electron chi connectivity index (χ1n) is 5.49. The van der Waals surface area contributed by atoms with Gasteiger partial charge in [0.05, 0.1) is 5.51 Å². The summed E-state index contributed by atoms with van der Waals surface area (Å²) in [4.78, 5) is 5.42. The van der Waals surface area contributed by atoms with E-state index in [1.807, 2.05) is 18.8 Å². The van der Waals surface area contributed by atoms with Crippen LogP contribution in [-0.4, -0.2) is 31.3 Å². The smallest absolute Gasteiger partial charge is 0.0794 e. The lowest BCUT2D eigenvalue weighted by Crippen LogP contribution is -2.28. The van der Waals surface area contributed by atoms with E-state index in [2.05, 4.69) is 17.2 Å². The monoisotopic (exact) mass is 228 g/mol. The van der Waals surface area contributed by atoms with Gasteiger partial charge in [-0.15, -0.1) is 11.3 Å². The summed E-state index contributed by atoms with van der Waals surface area (Å²) in [5, 5.41) is 3.32. The predicted molar refractivity (Wildman–Crippen MR) is 64.4 cm³/mol. The number of ether oxygens (including phenoxy) is 1. The zero-order valence-electron chi connectivity index (χ0n) is 9.53. The Bertz CT molecular complexity index is 239. The Morgan fingerprint density at radius 1 is 1.53 bits per heavy atom. The van der Waals surface area contributed by atoms with Gasteiger partial charge in [-0.2, -0.15) is 0 Å². The maximum Gasteiger partial charge on any atom is 0.0794 e. The molecule has 1 atom stereocenters. The molecular weight excluding hydrogens is 208 g/mol. The summed E-state index contributed by atoms with van der Waals surface area (Å²) in [5.41, 5.74) is 1.88. The number of aromatic nitrogens is 1. The molecule has 0 aliphatic carbocycles. The fourth-order valence-electron chi connectivity index (χ4n) is 1.41. The summed E-state index contributed by atoms with van der Waals surface area (Å²) in [7, 11) is 2.01. The third-order valence-corrected chi connectivity index (χ3v) is 3.10. The van der Waals surface area contributed by atoms with Crippen molar-refractivity contribution in [3.05, 3.63) is 16.6 Å². The molecule has 4 heteroatoms. The lowest BCUT2D eigenvalue weighted by molar-refractivity contribution is 0.125. The molecule has 1 heterocycles. The van der Waals surface area contributed by atoms with E-state index < -0.39 is 0 Å². The van der Waals surface area contributed by atoms with Gasteiger partial charge in [0.25, 0.3) is 0 Å². The molecule has 0 radical (unpaired) electrons. The van der Waals surface area contributed by atoms with E-state index in [1.165, 1.54) is 4.88 Å². The van der Waals surface area contributed by atoms with E-state index in [0.717, 1.165) is 32.5 Å². The molecule has 1 aromatic heterocycles. The molecule has 1 rings (SSSR count). The van der Waals surface area contributed by atoms with E-state index >= 15 is 0 Å². The molecule has 0 aliphatic rings. The number of thiazole rings is 1. The Morgan fingerprint density at radius 3 is 3.00 bits per heavy atom. The Kier molecular flexibility index (Phi) is 6.55. The van der Waals surface area contributed by atoms with Crippen molar-refractivity contribution in [2.45, 2.75) is 32.2 Å². The van der Waals surface area contributed by atoms with E-state index in [-0.39, 0.29) is 0 Å². The summed E-state index contributed by atoms with van der Waals surface area (Å²) < 4.78 is 5.48. The maximum atomic E-state index is 5.48. The van der Waals surface area contributed by atoms with Gasteiger partial charge in [0.15, 0.2) is 0 Å². The highest BCUT2D eigenvalue weighted by atomic mass is 32.1. The van der Waals surface area contributed by atoms with Crippen LogP contribution in [0.15, 0.2) is 11.7 Å². The molecule has 0 saturated carbocycles. The molecule has 0 aromatic carbocycles. The number of likely N-dealkylation sites (N-methyl/N-ethyl adjacent to an activating group) is 1. The Labute approximate surface area is 95.9 Å². The van der Waals surface area contributed by atoms with Crippen molar-refractivity contribution < 1.29 is 4.74 Å². The summed E-state index contributed by atoms with van der Waals surface area (Å²) in [6.45, 7) is 3.85. The molecule has 0 saturated heterocycles. The summed E-state index contributed by atoms with van der Waals surface area (Å²) in [5.74, 6) is 0. The topological polar surface area (TPSA) is 34.1 Å². The average Bonchev–Trinajstić information content (AvgIpc) is 2.75. The first kappa shape index (κ1) is 12.6. The molecule has 0 aliphatic heterocycles. The van der Waals surface area contributed by atoms with Crippen molar-refractivity contribution >= 4 is 11.3 Å². The fourth-order valence-corrected chi connectivity index (χ4v) is 2.08. The van der Waals surface area contributed by atoms with Crippen molar-refractivity contribution in [2.75, 3.05) is 20.3 Å². The van der Waals surface area contributed by atoms with Gasteiger partial charge in [-0.3, -0.25) is 4.98 Å². The zero-order chi connectivity index (χ0) is 10.9. The van der Waals surface area contributed by atoms with Gasteiger partial charge in [-0.1, -0.05) is 6.92 Å². The van der Waals surface area contributed by atoms with Crippen LogP contribution in [0.3, 0.4) is 0 Å². The first-order valence-corrected chi connectivity index (χ1v) is 6.37. The van der Waals surface area contributed by atoms with Crippen LogP contribution in [0, 0.1) is 0 Å². The molecule has 0 fully saturated rings. The van der Waals surface area contributed by atoms with Gasteiger partial charge in [-0.05, 0) is 26.3 Å². The zero-order valence-corrected chi connectivity index (χ0v) is 10.3. The molecule has 1 unspecified atom stereocenters. The minimum Gasteiger partial charge on any atom is -0.381 e. The molecule has 1 aromatic rings. The Balaban J connectivity index is 2.18. The maximum absolute atomic E-state index is 5.48. The first-order chi connectivity index (χ1) is 7.36. The minimum absolute atomic E-state index is 0.502. The lowest BCUT2D eigenvalue weighted by Gasteiger charge is -2.14. The number of hydrogen-bond acceptors (Lipinski definition) is 4. The number of hydrogen-bond donors (Lipinski definition) is 1. The molecular formula is C11H20N2OS. The summed E-state index contributed by atoms with van der Waals surface area (Å²) in [6.07, 6.45) is 5.16. The summed E-state index contributed by atoms with van der Waals surface area (Å²) in [6, 6.07) is 0.502. The van der Waals surface area contributed by atoms with Crippen LogP contribution in [0.1, 0.15) is 24.6 Å². The normalized spacial score (nSPS) is 12.9.